The number of furan rings is 1. The molecule has 0 bridgehead atoms. The first-order chi connectivity index (χ1) is 32.0. The lowest BCUT2D eigenvalue weighted by atomic mass is 9.67. The predicted molar refractivity (Wildman–Crippen MR) is 276 cm³/mol. The van der Waals surface area contributed by atoms with Crippen molar-refractivity contribution in [1.29, 1.82) is 0 Å². The first kappa shape index (κ1) is 38.5. The molecule has 0 saturated carbocycles. The maximum Gasteiger partial charge on any atom is 0.143 e. The summed E-state index contributed by atoms with van der Waals surface area (Å²) in [5, 5.41) is 14.1. The van der Waals surface area contributed by atoms with E-state index in [0.29, 0.717) is 5.76 Å². The van der Waals surface area contributed by atoms with E-state index in [1.807, 2.05) is 13.0 Å². The first-order valence-electron chi connectivity index (χ1n) is 22.4. The summed E-state index contributed by atoms with van der Waals surface area (Å²) in [7, 11) is 0. The van der Waals surface area contributed by atoms with E-state index >= 15 is 0 Å². The molecule has 0 aliphatic carbocycles. The van der Waals surface area contributed by atoms with Gasteiger partial charge in [-0.3, -0.25) is 0 Å². The summed E-state index contributed by atoms with van der Waals surface area (Å²) in [6.45, 7) is 8.65. The van der Waals surface area contributed by atoms with Crippen LogP contribution >= 0.6 is 0 Å². The summed E-state index contributed by atoms with van der Waals surface area (Å²) in [6.07, 6.45) is 13.0. The van der Waals surface area contributed by atoms with E-state index in [4.69, 9.17) is 9.15 Å². The van der Waals surface area contributed by atoms with Gasteiger partial charge in [-0.1, -0.05) is 195 Å². The minimum Gasteiger partial charge on any atom is -0.463 e. The minimum atomic E-state index is -0.698. The Balaban J connectivity index is 1.19. The van der Waals surface area contributed by atoms with Crippen LogP contribution in [0, 0.1) is 0 Å². The molecule has 1 aromatic heterocycles. The second-order valence-electron chi connectivity index (χ2n) is 17.4. The molecule has 12 rings (SSSR count). The molecule has 2 nitrogen and oxygen atoms in total. The van der Waals surface area contributed by atoms with E-state index in [1.54, 1.807) is 0 Å². The van der Waals surface area contributed by atoms with Crippen molar-refractivity contribution < 1.29 is 9.15 Å². The van der Waals surface area contributed by atoms with E-state index in [1.165, 1.54) is 81.9 Å². The highest BCUT2D eigenvalue weighted by Crippen LogP contribution is 2.53. The second kappa shape index (κ2) is 15.3. The predicted octanol–water partition coefficient (Wildman–Crippen LogP) is 17.6. The van der Waals surface area contributed by atoms with Gasteiger partial charge in [-0.2, -0.15) is 0 Å². The number of benzene rings is 10. The van der Waals surface area contributed by atoms with Gasteiger partial charge in [0.1, 0.15) is 22.7 Å². The SMILES string of the molecule is C=C1/C=C\C=C(\c2c3ccccc3c(-c3ccccc3)c3ccccc23)C(C)(c2c3ccccc3c(-c3ccc4oc5c6ccccc6ccc5c4c3)c3ccccc23)/C=C\C=C(/C)O1. The molecule has 0 N–H and O–H groups in total. The van der Waals surface area contributed by atoms with Crippen LogP contribution in [0.3, 0.4) is 0 Å². The minimum absolute atomic E-state index is 0.580. The molecule has 0 radical (unpaired) electrons. The molecule has 2 heterocycles. The van der Waals surface area contributed by atoms with Gasteiger partial charge >= 0.3 is 0 Å². The molecule has 0 saturated heterocycles. The molecule has 0 spiro atoms. The first-order valence-corrected chi connectivity index (χ1v) is 22.4. The van der Waals surface area contributed by atoms with Gasteiger partial charge in [0, 0.05) is 21.6 Å². The quantitative estimate of drug-likeness (QED) is 0.165. The third-order valence-electron chi connectivity index (χ3n) is 13.5. The lowest BCUT2D eigenvalue weighted by molar-refractivity contribution is 0.324. The summed E-state index contributed by atoms with van der Waals surface area (Å²) < 4.78 is 12.8. The van der Waals surface area contributed by atoms with Crippen LogP contribution < -0.4 is 0 Å². The van der Waals surface area contributed by atoms with Crippen LogP contribution in [0.2, 0.25) is 0 Å². The Bertz CT molecular complexity index is 3780. The maximum absolute atomic E-state index is 6.62. The molecule has 1 aliphatic rings. The summed E-state index contributed by atoms with van der Waals surface area (Å²) in [6, 6.07) is 66.2. The van der Waals surface area contributed by atoms with Crippen molar-refractivity contribution in [2.75, 3.05) is 0 Å². The Morgan fingerprint density at radius 1 is 0.446 bits per heavy atom. The van der Waals surface area contributed by atoms with Crippen LogP contribution in [-0.2, 0) is 10.2 Å². The normalized spacial score (nSPS) is 18.4. The Labute approximate surface area is 378 Å². The van der Waals surface area contributed by atoms with Gasteiger partial charge in [-0.15, -0.1) is 0 Å². The number of fused-ring (bicyclic) bond motifs is 9. The summed E-state index contributed by atoms with van der Waals surface area (Å²) in [5.41, 5.74) is 9.49. The standard InChI is InChI=1S/C63H44O2/c1-40-19-17-33-56(60-48-27-11-9-25-46(48)58(43-22-5-4-6-23-43)47-26-10-12-28-49(47)60)63(3,38-18-20-41(2)64-40)61-52-31-15-13-29-50(52)59(51-30-14-16-32-53(51)61)44-35-37-57-55(39-44)54-36-34-42-21-7-8-24-45(42)62(54)65-57/h4-39H,1H2,2-3H3/b19-17-,38-18-,41-20+,56-33-. The molecule has 1 aliphatic heterocycles. The van der Waals surface area contributed by atoms with Crippen molar-refractivity contribution in [1.82, 2.24) is 0 Å². The van der Waals surface area contributed by atoms with Crippen molar-refractivity contribution in [2.45, 2.75) is 19.3 Å². The van der Waals surface area contributed by atoms with Crippen molar-refractivity contribution in [3.63, 3.8) is 0 Å². The molecule has 10 aromatic carbocycles. The van der Waals surface area contributed by atoms with E-state index in [9.17, 15) is 0 Å². The number of allylic oxidation sites excluding steroid dienone is 8. The highest BCUT2D eigenvalue weighted by molar-refractivity contribution is 6.22. The lowest BCUT2D eigenvalue weighted by Gasteiger charge is -2.35. The van der Waals surface area contributed by atoms with E-state index < -0.39 is 5.41 Å². The van der Waals surface area contributed by atoms with Gasteiger partial charge < -0.3 is 9.15 Å². The number of hydrogen-bond acceptors (Lipinski definition) is 2. The number of rotatable bonds is 4. The van der Waals surface area contributed by atoms with E-state index in [0.717, 1.165) is 38.6 Å². The molecule has 11 aromatic rings. The summed E-state index contributed by atoms with van der Waals surface area (Å²) in [4.78, 5) is 0. The van der Waals surface area contributed by atoms with Gasteiger partial charge in [0.15, 0.2) is 0 Å². The van der Waals surface area contributed by atoms with Crippen LogP contribution in [-0.4, -0.2) is 0 Å². The van der Waals surface area contributed by atoms with Gasteiger partial charge in [-0.25, -0.2) is 0 Å². The highest BCUT2D eigenvalue weighted by atomic mass is 16.5. The average molecular weight is 833 g/mol. The molecule has 0 amide bonds. The van der Waals surface area contributed by atoms with Crippen LogP contribution in [0.25, 0.3) is 104 Å². The molecular formula is C63H44O2. The van der Waals surface area contributed by atoms with Crippen LogP contribution in [0.4, 0.5) is 0 Å². The fourth-order valence-corrected chi connectivity index (χ4v) is 10.7. The van der Waals surface area contributed by atoms with Crippen molar-refractivity contribution in [2.24, 2.45) is 0 Å². The zero-order valence-corrected chi connectivity index (χ0v) is 36.3. The third kappa shape index (κ3) is 6.17. The Morgan fingerprint density at radius 2 is 0.985 bits per heavy atom. The fraction of sp³-hybridized carbons (Fsp3) is 0.0476. The summed E-state index contributed by atoms with van der Waals surface area (Å²) >= 11 is 0. The molecule has 65 heavy (non-hydrogen) atoms. The van der Waals surface area contributed by atoms with Crippen molar-refractivity contribution >= 4 is 81.4 Å². The zero-order valence-electron chi connectivity index (χ0n) is 36.3. The van der Waals surface area contributed by atoms with Crippen LogP contribution in [0.5, 0.6) is 0 Å². The van der Waals surface area contributed by atoms with Gasteiger partial charge in [0.05, 0.1) is 0 Å². The monoisotopic (exact) mass is 832 g/mol. The molecule has 0 fully saturated rings. The molecule has 1 atom stereocenters. The van der Waals surface area contributed by atoms with Crippen molar-refractivity contribution in [3.05, 3.63) is 248 Å². The molecule has 2 heteroatoms. The lowest BCUT2D eigenvalue weighted by Crippen LogP contribution is -2.23. The Hall–Kier alpha value is -8.20. The third-order valence-corrected chi connectivity index (χ3v) is 13.5. The van der Waals surface area contributed by atoms with Gasteiger partial charge in [-0.05, 0) is 132 Å². The Morgan fingerprint density at radius 3 is 1.63 bits per heavy atom. The Kier molecular flexibility index (Phi) is 9.03. The van der Waals surface area contributed by atoms with Crippen LogP contribution in [0.15, 0.2) is 241 Å². The number of hydrogen-bond donors (Lipinski definition) is 0. The molecule has 308 valence electrons. The molecule has 1 unspecified atom stereocenters. The average Bonchev–Trinajstić information content (AvgIpc) is 3.72. The van der Waals surface area contributed by atoms with Gasteiger partial charge in [0.2, 0.25) is 0 Å². The summed E-state index contributed by atoms with van der Waals surface area (Å²) in [5.74, 6) is 1.35. The smallest absolute Gasteiger partial charge is 0.143 e. The van der Waals surface area contributed by atoms with E-state index in [2.05, 4.69) is 226 Å². The maximum atomic E-state index is 6.62. The zero-order chi connectivity index (χ0) is 43.6. The second-order valence-corrected chi connectivity index (χ2v) is 17.4. The topological polar surface area (TPSA) is 22.4 Å². The molecular weight excluding hydrogens is 789 g/mol. The number of ether oxygens (including phenoxy) is 1. The highest BCUT2D eigenvalue weighted by Gasteiger charge is 2.36. The van der Waals surface area contributed by atoms with Crippen LogP contribution in [0.1, 0.15) is 25.0 Å². The van der Waals surface area contributed by atoms with E-state index in [-0.39, 0.29) is 0 Å². The van der Waals surface area contributed by atoms with Crippen molar-refractivity contribution in [3.8, 4) is 22.3 Å². The largest absolute Gasteiger partial charge is 0.463 e. The van der Waals surface area contributed by atoms with Gasteiger partial charge in [0.25, 0.3) is 0 Å². The fourth-order valence-electron chi connectivity index (χ4n) is 10.7.